The smallest absolute Gasteiger partial charge is 0.318 e. The number of alkyl halides is 2. The van der Waals surface area contributed by atoms with Crippen molar-refractivity contribution in [2.75, 3.05) is 0 Å². The fraction of sp³-hybridized carbons (Fsp3) is 0.128. The van der Waals surface area contributed by atoms with Gasteiger partial charge >= 0.3 is 27.1 Å². The van der Waals surface area contributed by atoms with Crippen LogP contribution in [0, 0.1) is 19.0 Å². The Morgan fingerprint density at radius 1 is 0.764 bits per heavy atom. The molecular formula is C47H35F2N5Pt+2. The maximum atomic E-state index is 17.0. The standard InChI is InChI=1S/C47H35F2N5.Pt/c1-31-16-18-32(19-17-31)37-12-5-6-13-40(37)53-30-52(41-14-7-8-15-42(41)53)36-11-9-10-34(26-36)47(48,49)35-20-21-38-39-23-24-50-29-44(39)54(43(38)27-35)45-28-33(22-25-51-45)46(2,3)4;/h5-25,28-29H,1-4H3;/q;+2/i1D3,16D,17D,18D,19D;. The normalized spacial score (nSPS) is 14.7. The molecule has 0 saturated heterocycles. The summed E-state index contributed by atoms with van der Waals surface area (Å²) in [6.07, 6.45) is 5.07. The van der Waals surface area contributed by atoms with E-state index in [9.17, 15) is 0 Å². The number of aromatic nitrogens is 3. The molecule has 5 aromatic carbocycles. The van der Waals surface area contributed by atoms with E-state index in [1.54, 1.807) is 88.4 Å². The van der Waals surface area contributed by atoms with Crippen molar-refractivity contribution in [1.29, 1.82) is 0 Å². The number of benzene rings is 5. The molecule has 1 aliphatic rings. The molecule has 0 spiro atoms. The number of nitrogens with zero attached hydrogens (tertiary/aromatic N) is 5. The molecular weight excluding hydrogens is 868 g/mol. The first kappa shape index (κ1) is 28.6. The van der Waals surface area contributed by atoms with Gasteiger partial charge in [0.2, 0.25) is 5.69 Å². The summed E-state index contributed by atoms with van der Waals surface area (Å²) in [6.45, 7) is 3.42. The molecule has 55 heavy (non-hydrogen) atoms. The number of pyridine rings is 2. The third kappa shape index (κ3) is 6.24. The second-order valence-corrected chi connectivity index (χ2v) is 14.1. The summed E-state index contributed by atoms with van der Waals surface area (Å²) < 4.78 is 97.2. The molecule has 1 aliphatic heterocycles. The minimum absolute atomic E-state index is 0. The third-order valence-corrected chi connectivity index (χ3v) is 9.62. The third-order valence-electron chi connectivity index (χ3n) is 9.62. The van der Waals surface area contributed by atoms with Gasteiger partial charge in [-0.2, -0.15) is 24.3 Å². The number of rotatable bonds is 6. The monoisotopic (exact) mass is 909 g/mol. The van der Waals surface area contributed by atoms with Gasteiger partial charge in [0, 0.05) is 34.7 Å². The van der Waals surface area contributed by atoms with Gasteiger partial charge in [-0.05, 0) is 57.6 Å². The van der Waals surface area contributed by atoms with Crippen molar-refractivity contribution in [2.24, 2.45) is 0 Å². The van der Waals surface area contributed by atoms with E-state index in [4.69, 9.17) is 9.60 Å². The van der Waals surface area contributed by atoms with E-state index in [1.165, 1.54) is 18.2 Å². The number of hydrogen-bond donors (Lipinski definition) is 0. The average molecular weight is 910 g/mol. The Morgan fingerprint density at radius 3 is 2.25 bits per heavy atom. The SMILES string of the molecule is [2H]c1c([2H])c(C([2H])([2H])[2H])c([2H])c([2H])c1-c1ccccc1[N+]1=C=[N+](c2[c-]c(C(F)(F)c3[c-]c4c(cc3)c3ccncc3n4-c3cc(C(C)(C)C)ccn3)ccc2)c2ccccc21.[Pt+2]. The van der Waals surface area contributed by atoms with E-state index in [0.717, 1.165) is 16.3 Å². The van der Waals surface area contributed by atoms with Gasteiger partial charge in [-0.1, -0.05) is 108 Å². The summed E-state index contributed by atoms with van der Waals surface area (Å²) in [7, 11) is 0. The second-order valence-electron chi connectivity index (χ2n) is 14.1. The van der Waals surface area contributed by atoms with Crippen molar-refractivity contribution in [3.63, 3.8) is 0 Å². The molecule has 0 fully saturated rings. The summed E-state index contributed by atoms with van der Waals surface area (Å²) in [4.78, 5) is 8.99. The molecule has 270 valence electrons. The van der Waals surface area contributed by atoms with Crippen LogP contribution in [0.2, 0.25) is 0 Å². The first-order chi connectivity index (χ1) is 29.0. The van der Waals surface area contributed by atoms with Crippen LogP contribution < -0.4 is 9.15 Å². The summed E-state index contributed by atoms with van der Waals surface area (Å²) in [5, 5.41) is 1.54. The van der Waals surface area contributed by atoms with Crippen LogP contribution in [0.25, 0.3) is 38.8 Å². The van der Waals surface area contributed by atoms with E-state index in [-0.39, 0.29) is 48.9 Å². The zero-order chi connectivity index (χ0) is 43.2. The minimum Gasteiger partial charge on any atom is -0.318 e. The van der Waals surface area contributed by atoms with Gasteiger partial charge < -0.3 is 4.57 Å². The molecule has 4 heterocycles. The Hall–Kier alpha value is -5.87. The molecule has 5 nitrogen and oxygen atoms in total. The molecule has 9 rings (SSSR count). The van der Waals surface area contributed by atoms with Crippen LogP contribution in [-0.4, -0.2) is 20.5 Å². The van der Waals surface area contributed by atoms with Crippen LogP contribution in [0.15, 0.2) is 140 Å². The molecule has 0 saturated carbocycles. The predicted molar refractivity (Wildman–Crippen MR) is 213 cm³/mol. The van der Waals surface area contributed by atoms with Gasteiger partial charge in [0.1, 0.15) is 11.5 Å². The number of hydrogen-bond acceptors (Lipinski definition) is 2. The van der Waals surface area contributed by atoms with Crippen LogP contribution in [0.3, 0.4) is 0 Å². The minimum atomic E-state index is -3.56. The fourth-order valence-electron chi connectivity index (χ4n) is 6.88. The second kappa shape index (κ2) is 13.8. The van der Waals surface area contributed by atoms with Crippen LogP contribution >= 0.6 is 0 Å². The summed E-state index contributed by atoms with van der Waals surface area (Å²) in [5.74, 6) is -3.00. The maximum absolute atomic E-state index is 17.0. The molecule has 8 heteroatoms. The van der Waals surface area contributed by atoms with E-state index in [1.807, 2.05) is 22.8 Å². The van der Waals surface area contributed by atoms with Gasteiger partial charge in [-0.15, -0.1) is 11.5 Å². The van der Waals surface area contributed by atoms with Crippen LogP contribution in [-0.2, 0) is 32.4 Å². The van der Waals surface area contributed by atoms with Crippen LogP contribution in [0.5, 0.6) is 0 Å². The van der Waals surface area contributed by atoms with Gasteiger partial charge in [0.25, 0.3) is 17.3 Å². The largest absolute Gasteiger partial charge is 2.00 e. The zero-order valence-electron chi connectivity index (χ0n) is 36.8. The number of fused-ring (bicyclic) bond motifs is 4. The van der Waals surface area contributed by atoms with Crippen molar-refractivity contribution in [2.45, 2.75) is 39.0 Å². The Bertz CT molecular complexity index is 3170. The van der Waals surface area contributed by atoms with Crippen LogP contribution in [0.1, 0.15) is 52.6 Å². The van der Waals surface area contributed by atoms with E-state index in [0.29, 0.717) is 33.9 Å². The molecule has 0 amide bonds. The number of halogens is 2. The Kier molecular flexibility index (Phi) is 7.15. The Balaban J connectivity index is 0.00000529. The van der Waals surface area contributed by atoms with Gasteiger partial charge in [0.05, 0.1) is 22.8 Å². The number of para-hydroxylation sites is 3. The van der Waals surface area contributed by atoms with E-state index >= 15 is 8.78 Å². The van der Waals surface area contributed by atoms with Crippen molar-refractivity contribution in [1.82, 2.24) is 23.7 Å². The first-order valence-corrected chi connectivity index (χ1v) is 17.3. The van der Waals surface area contributed by atoms with Crippen molar-refractivity contribution in [3.8, 4) is 16.9 Å². The molecule has 8 aromatic rings. The molecule has 0 unspecified atom stereocenters. The quantitative estimate of drug-likeness (QED) is 0.123. The molecule has 0 radical (unpaired) electrons. The molecule has 3 aromatic heterocycles. The van der Waals surface area contributed by atoms with E-state index < -0.39 is 48.1 Å². The van der Waals surface area contributed by atoms with Crippen molar-refractivity contribution >= 4 is 50.6 Å². The molecule has 0 N–H and O–H groups in total. The Labute approximate surface area is 342 Å². The average Bonchev–Trinajstić information content (AvgIpc) is 3.79. The van der Waals surface area contributed by atoms with Gasteiger partial charge in [-0.25, -0.2) is 13.8 Å². The first-order valence-electron chi connectivity index (χ1n) is 20.8. The summed E-state index contributed by atoms with van der Waals surface area (Å²) in [5.41, 5.74) is 2.53. The maximum Gasteiger partial charge on any atom is 2.00 e. The Morgan fingerprint density at radius 2 is 1.49 bits per heavy atom. The predicted octanol–water partition coefficient (Wildman–Crippen LogP) is 11.4. The molecule has 0 atom stereocenters. The molecule has 0 aliphatic carbocycles. The van der Waals surface area contributed by atoms with Crippen LogP contribution in [0.4, 0.5) is 31.5 Å². The van der Waals surface area contributed by atoms with E-state index in [2.05, 4.69) is 48.9 Å². The van der Waals surface area contributed by atoms with Crippen molar-refractivity contribution in [3.05, 3.63) is 174 Å². The fourth-order valence-corrected chi connectivity index (χ4v) is 6.88. The van der Waals surface area contributed by atoms with Gasteiger partial charge in [-0.3, -0.25) is 4.98 Å². The molecule has 0 bridgehead atoms. The van der Waals surface area contributed by atoms with Gasteiger partial charge in [0.15, 0.2) is 0 Å². The summed E-state index contributed by atoms with van der Waals surface area (Å²) in [6, 6.07) is 34.1. The summed E-state index contributed by atoms with van der Waals surface area (Å²) >= 11 is 0. The van der Waals surface area contributed by atoms with Crippen molar-refractivity contribution < 1.29 is 39.4 Å². The topological polar surface area (TPSA) is 36.7 Å². The zero-order valence-corrected chi connectivity index (χ0v) is 32.1.